The molecule has 4 aliphatic rings. The van der Waals surface area contributed by atoms with Crippen LogP contribution in [0, 0.1) is 0 Å². The van der Waals surface area contributed by atoms with E-state index in [1.54, 1.807) is 0 Å². The summed E-state index contributed by atoms with van der Waals surface area (Å²) in [4.78, 5) is 0. The van der Waals surface area contributed by atoms with Crippen LogP contribution in [0.15, 0.2) is 152 Å². The second-order valence-corrected chi connectivity index (χ2v) is 16.2. The molecule has 1 nitrogen and oxygen atoms in total. The third-order valence-corrected chi connectivity index (χ3v) is 14.0. The molecule has 4 aliphatic carbocycles. The van der Waals surface area contributed by atoms with Gasteiger partial charge in [0.15, 0.2) is 0 Å². The summed E-state index contributed by atoms with van der Waals surface area (Å²) in [6.07, 6.45) is 4.00. The largest absolute Gasteiger partial charge is 0.377 e. The third-order valence-electron chi connectivity index (χ3n) is 8.90. The van der Waals surface area contributed by atoms with E-state index >= 15 is 0 Å². The first-order chi connectivity index (χ1) is 22.8. The van der Waals surface area contributed by atoms with E-state index in [0.717, 1.165) is 32.3 Å². The minimum atomic E-state index is -0.696. The van der Waals surface area contributed by atoms with E-state index in [4.69, 9.17) is 4.74 Å². The summed E-state index contributed by atoms with van der Waals surface area (Å²) in [7, 11) is -1.37. The summed E-state index contributed by atoms with van der Waals surface area (Å²) in [5.41, 5.74) is 7.11. The van der Waals surface area contributed by atoms with Crippen molar-refractivity contribution in [3.63, 3.8) is 0 Å². The van der Waals surface area contributed by atoms with Crippen LogP contribution in [0.4, 0.5) is 0 Å². The molecule has 0 spiro atoms. The number of hydrogen-bond acceptors (Lipinski definition) is 1. The second kappa shape index (κ2) is 14.7. The molecule has 0 heterocycles. The van der Waals surface area contributed by atoms with Crippen molar-refractivity contribution in [2.75, 3.05) is 6.61 Å². The highest BCUT2D eigenvalue weighted by atomic mass is 31.1. The van der Waals surface area contributed by atoms with Gasteiger partial charge >= 0.3 is 0 Å². The first-order valence-corrected chi connectivity index (χ1v) is 19.1. The maximum atomic E-state index is 6.09. The molecule has 0 saturated carbocycles. The Morgan fingerprint density at radius 3 is 1.41 bits per heavy atom. The number of aryl methyl sites for hydroxylation is 4. The van der Waals surface area contributed by atoms with Gasteiger partial charge in [0.25, 0.3) is 0 Å². The van der Waals surface area contributed by atoms with E-state index in [9.17, 15) is 0 Å². The Bertz CT molecular complexity index is 1790. The molecule has 0 unspecified atom stereocenters. The molecule has 0 fully saturated rings. The summed E-state index contributed by atoms with van der Waals surface area (Å²) >= 11 is 0. The van der Waals surface area contributed by atoms with Crippen LogP contribution < -0.4 is 31.8 Å². The lowest BCUT2D eigenvalue weighted by atomic mass is 9.93. The quantitative estimate of drug-likeness (QED) is 0.149. The molecule has 0 saturated heterocycles. The van der Waals surface area contributed by atoms with Gasteiger partial charge in [-0.2, -0.15) is 0 Å². The molecule has 0 N–H and O–H groups in total. The molecule has 6 aromatic carbocycles. The summed E-state index contributed by atoms with van der Waals surface area (Å²) in [6.45, 7) is 3.49. The molecule has 6 aromatic rings. The van der Waals surface area contributed by atoms with E-state index < -0.39 is 15.8 Å². The van der Waals surface area contributed by atoms with Gasteiger partial charge in [-0.25, -0.2) is 0 Å². The van der Waals surface area contributed by atoms with Crippen molar-refractivity contribution < 1.29 is 4.74 Å². The van der Waals surface area contributed by atoms with E-state index in [2.05, 4.69) is 159 Å². The van der Waals surface area contributed by atoms with E-state index in [1.807, 2.05) is 0 Å². The molecule has 0 aliphatic heterocycles. The van der Waals surface area contributed by atoms with Crippen molar-refractivity contribution in [1.29, 1.82) is 0 Å². The smallest absolute Gasteiger partial charge is 0.0719 e. The highest BCUT2D eigenvalue weighted by Gasteiger charge is 2.24. The Morgan fingerprint density at radius 2 is 0.913 bits per heavy atom. The Hall–Kier alpha value is -3.86. The van der Waals surface area contributed by atoms with Gasteiger partial charge in [-0.05, 0) is 114 Å². The van der Waals surface area contributed by atoms with Gasteiger partial charge < -0.3 is 4.74 Å². The van der Waals surface area contributed by atoms with Crippen LogP contribution in [0.5, 0.6) is 0 Å². The zero-order valence-corrected chi connectivity index (χ0v) is 28.3. The van der Waals surface area contributed by atoms with Crippen LogP contribution in [0.1, 0.15) is 34.7 Å². The standard InChI is InChI=1S/C43H40OP2/c1-2-44-32-37-30-36-26-24-33-23-25-34(42(29-33)45(38-15-7-3-8-16-38)39-17-9-4-10-18-39)27-28-35(37)31-43(36)46(40-19-11-5-12-20-40)41-21-13-6-14-22-41/h3-23,25,29-31H,2,24,26-28,32H2,1H3. The van der Waals surface area contributed by atoms with Crippen molar-refractivity contribution in [3.05, 3.63) is 179 Å². The molecule has 228 valence electrons. The highest BCUT2D eigenvalue weighted by Crippen LogP contribution is 2.38. The Kier molecular flexibility index (Phi) is 9.84. The van der Waals surface area contributed by atoms with Crippen molar-refractivity contribution in [2.45, 2.75) is 39.2 Å². The average molecular weight is 635 g/mol. The molecular formula is C43H40OP2. The number of hydrogen-bond donors (Lipinski definition) is 0. The molecule has 0 amide bonds. The lowest BCUT2D eigenvalue weighted by Gasteiger charge is -2.27. The Morgan fingerprint density at radius 1 is 0.457 bits per heavy atom. The third kappa shape index (κ3) is 6.79. The molecule has 0 atom stereocenters. The van der Waals surface area contributed by atoms with Crippen LogP contribution in [-0.4, -0.2) is 6.61 Å². The maximum Gasteiger partial charge on any atom is 0.0719 e. The van der Waals surface area contributed by atoms with Gasteiger partial charge in [0.2, 0.25) is 0 Å². The van der Waals surface area contributed by atoms with Crippen molar-refractivity contribution in [2.24, 2.45) is 0 Å². The van der Waals surface area contributed by atoms with Crippen LogP contribution in [0.3, 0.4) is 0 Å². The fraction of sp³-hybridized carbons (Fsp3) is 0.163. The SMILES string of the molecule is CCOCc1cc2c(P(c3ccccc3)c3ccccc3)cc1CCc1ccc(cc1P(c1ccccc1)c1ccccc1)CC2. The average Bonchev–Trinajstić information content (AvgIpc) is 3.11. The minimum absolute atomic E-state index is 0.666. The highest BCUT2D eigenvalue weighted by molar-refractivity contribution is 7.80. The van der Waals surface area contributed by atoms with Gasteiger partial charge in [-0.3, -0.25) is 0 Å². The van der Waals surface area contributed by atoms with E-state index in [1.165, 1.54) is 59.6 Å². The van der Waals surface area contributed by atoms with Crippen LogP contribution >= 0.6 is 15.8 Å². The fourth-order valence-corrected chi connectivity index (χ4v) is 11.7. The van der Waals surface area contributed by atoms with Gasteiger partial charge in [0, 0.05) is 6.61 Å². The zero-order chi connectivity index (χ0) is 31.1. The number of rotatable bonds is 9. The monoisotopic (exact) mass is 634 g/mol. The topological polar surface area (TPSA) is 9.23 Å². The lowest BCUT2D eigenvalue weighted by Crippen LogP contribution is -2.26. The normalized spacial score (nSPS) is 12.8. The second-order valence-electron chi connectivity index (χ2n) is 11.9. The molecular weight excluding hydrogens is 594 g/mol. The molecule has 46 heavy (non-hydrogen) atoms. The lowest BCUT2D eigenvalue weighted by molar-refractivity contribution is 0.133. The van der Waals surface area contributed by atoms with Gasteiger partial charge in [-0.1, -0.05) is 146 Å². The van der Waals surface area contributed by atoms with E-state index in [-0.39, 0.29) is 0 Å². The molecule has 3 heteroatoms. The number of benzene rings is 6. The molecule has 0 radical (unpaired) electrons. The van der Waals surface area contributed by atoms with Crippen LogP contribution in [0.2, 0.25) is 0 Å². The van der Waals surface area contributed by atoms with Crippen LogP contribution in [0.25, 0.3) is 0 Å². The Balaban J connectivity index is 1.36. The molecule has 10 rings (SSSR count). The predicted molar refractivity (Wildman–Crippen MR) is 200 cm³/mol. The number of ether oxygens (including phenoxy) is 1. The maximum absolute atomic E-state index is 6.09. The van der Waals surface area contributed by atoms with Crippen molar-refractivity contribution in [1.82, 2.24) is 0 Å². The van der Waals surface area contributed by atoms with Gasteiger partial charge in [-0.15, -0.1) is 0 Å². The van der Waals surface area contributed by atoms with Gasteiger partial charge in [0.1, 0.15) is 0 Å². The minimum Gasteiger partial charge on any atom is -0.377 e. The first kappa shape index (κ1) is 30.8. The Labute approximate surface area is 276 Å². The molecule has 4 bridgehead atoms. The summed E-state index contributed by atoms with van der Waals surface area (Å²) < 4.78 is 6.09. The van der Waals surface area contributed by atoms with Crippen molar-refractivity contribution >= 4 is 47.7 Å². The summed E-state index contributed by atoms with van der Waals surface area (Å²) in [5.74, 6) is 0. The zero-order valence-electron chi connectivity index (χ0n) is 26.5. The summed E-state index contributed by atoms with van der Waals surface area (Å²) in [5, 5.41) is 8.63. The van der Waals surface area contributed by atoms with Crippen molar-refractivity contribution in [3.8, 4) is 0 Å². The van der Waals surface area contributed by atoms with Gasteiger partial charge in [0.05, 0.1) is 6.61 Å². The van der Waals surface area contributed by atoms with Crippen LogP contribution in [-0.2, 0) is 37.0 Å². The summed E-state index contributed by atoms with van der Waals surface area (Å²) in [6, 6.07) is 57.0. The fourth-order valence-electron chi connectivity index (χ4n) is 6.61. The first-order valence-electron chi connectivity index (χ1n) is 16.4. The van der Waals surface area contributed by atoms with E-state index in [0.29, 0.717) is 6.61 Å². The molecule has 0 aromatic heterocycles. The predicted octanol–water partition coefficient (Wildman–Crippen LogP) is 7.62.